The van der Waals surface area contributed by atoms with Crippen LogP contribution in [0.25, 0.3) is 5.57 Å². The maximum atomic E-state index is 13.5. The van der Waals surface area contributed by atoms with Gasteiger partial charge in [0.25, 0.3) is 0 Å². The predicted octanol–water partition coefficient (Wildman–Crippen LogP) is 5.21. The van der Waals surface area contributed by atoms with Gasteiger partial charge in [-0.25, -0.2) is 4.39 Å². The van der Waals surface area contributed by atoms with Gasteiger partial charge in [-0.2, -0.15) is 18.4 Å². The van der Waals surface area contributed by atoms with E-state index in [1.165, 1.54) is 40.0 Å². The predicted molar refractivity (Wildman–Crippen MR) is 148 cm³/mol. The Kier molecular flexibility index (Phi) is 9.11. The largest absolute Gasteiger partial charge is 0.431 e. The Morgan fingerprint density at radius 2 is 2.10 bits per heavy atom. The minimum absolute atomic E-state index is 0.0907. The van der Waals surface area contributed by atoms with Crippen LogP contribution >= 0.6 is 11.3 Å². The Bertz CT molecular complexity index is 1360. The Morgan fingerprint density at radius 3 is 2.73 bits per heavy atom. The van der Waals surface area contributed by atoms with Crippen LogP contribution in [0.5, 0.6) is 0 Å². The molecule has 40 heavy (non-hydrogen) atoms. The van der Waals surface area contributed by atoms with Crippen LogP contribution in [0.15, 0.2) is 53.2 Å². The average molecular weight is 574 g/mol. The van der Waals surface area contributed by atoms with Crippen molar-refractivity contribution >= 4 is 29.0 Å². The molecule has 0 radical (unpaired) electrons. The van der Waals surface area contributed by atoms with E-state index >= 15 is 0 Å². The maximum Gasteiger partial charge on any atom is 0.431 e. The van der Waals surface area contributed by atoms with Gasteiger partial charge in [-0.1, -0.05) is 31.2 Å². The van der Waals surface area contributed by atoms with Gasteiger partial charge < -0.3 is 16.0 Å². The van der Waals surface area contributed by atoms with Crippen molar-refractivity contribution in [3.8, 4) is 6.07 Å². The van der Waals surface area contributed by atoms with Gasteiger partial charge in [0.2, 0.25) is 5.91 Å². The molecule has 4 unspecified atom stereocenters. The van der Waals surface area contributed by atoms with E-state index in [1.54, 1.807) is 13.0 Å². The zero-order valence-electron chi connectivity index (χ0n) is 22.2. The summed E-state index contributed by atoms with van der Waals surface area (Å²) >= 11 is 1.51. The number of hydrogen-bond donors (Lipinski definition) is 2. The molecule has 3 aliphatic rings. The summed E-state index contributed by atoms with van der Waals surface area (Å²) in [5.41, 5.74) is 4.24. The second-order valence-electron chi connectivity index (χ2n) is 10.0. The van der Waals surface area contributed by atoms with Crippen LogP contribution in [0.2, 0.25) is 0 Å². The number of hydrogen-bond acceptors (Lipinski definition) is 6. The molecule has 3 heterocycles. The van der Waals surface area contributed by atoms with Gasteiger partial charge in [-0.05, 0) is 49.3 Å². The highest BCUT2D eigenvalue weighted by molar-refractivity contribution is 7.12. The molecule has 0 spiro atoms. The third-order valence-corrected chi connectivity index (χ3v) is 8.50. The van der Waals surface area contributed by atoms with Crippen molar-refractivity contribution in [1.82, 2.24) is 10.2 Å². The topological polar surface area (TPSA) is 94.5 Å². The summed E-state index contributed by atoms with van der Waals surface area (Å²) in [6.45, 7) is 5.61. The fraction of sp³-hybridized carbons (Fsp3) is 0.414. The SMILES string of the molecule is CC1C2CC(/C=C/C(=O)N3CCc4cc(C#N)sc4C3)NC12.CCN=C/C(=C(\N)C(F)(F)F)c1ccccc1F. The van der Waals surface area contributed by atoms with Crippen LogP contribution in [-0.2, 0) is 17.8 Å². The molecule has 11 heteroatoms. The minimum atomic E-state index is -4.72. The fourth-order valence-electron chi connectivity index (χ4n) is 5.09. The molecule has 5 rings (SSSR count). The van der Waals surface area contributed by atoms with Crippen molar-refractivity contribution in [2.24, 2.45) is 22.6 Å². The van der Waals surface area contributed by atoms with Crippen molar-refractivity contribution in [2.45, 2.75) is 51.5 Å². The Balaban J connectivity index is 0.000000190. The van der Waals surface area contributed by atoms with Gasteiger partial charge in [0.15, 0.2) is 0 Å². The van der Waals surface area contributed by atoms with Gasteiger partial charge in [0.1, 0.15) is 22.5 Å². The lowest BCUT2D eigenvalue weighted by molar-refractivity contribution is -0.126. The number of allylic oxidation sites excluding steroid dienone is 2. The molecule has 212 valence electrons. The normalized spacial score (nSPS) is 24.2. The van der Waals surface area contributed by atoms with E-state index in [0.717, 1.165) is 48.4 Å². The van der Waals surface area contributed by atoms with E-state index in [1.807, 2.05) is 17.0 Å². The number of benzene rings is 1. The number of nitrogens with zero attached hydrogens (tertiary/aromatic N) is 3. The maximum absolute atomic E-state index is 13.5. The highest BCUT2D eigenvalue weighted by atomic mass is 32.1. The first-order valence-electron chi connectivity index (χ1n) is 13.1. The molecule has 6 nitrogen and oxygen atoms in total. The lowest BCUT2D eigenvalue weighted by atomic mass is 10.0. The van der Waals surface area contributed by atoms with Crippen LogP contribution in [0.3, 0.4) is 0 Å². The smallest absolute Gasteiger partial charge is 0.394 e. The molecule has 1 amide bonds. The summed E-state index contributed by atoms with van der Waals surface area (Å²) in [6.07, 6.45) is 2.01. The molecule has 2 aliphatic heterocycles. The zero-order chi connectivity index (χ0) is 29.0. The number of nitriles is 1. The Labute approximate surface area is 234 Å². The number of nitrogens with two attached hydrogens (primary N) is 1. The minimum Gasteiger partial charge on any atom is -0.394 e. The summed E-state index contributed by atoms with van der Waals surface area (Å²) in [5, 5.41) is 12.5. The number of nitrogens with one attached hydrogen (secondary N) is 1. The number of piperidine rings is 1. The molecule has 4 atom stereocenters. The molecule has 1 saturated heterocycles. The van der Waals surface area contributed by atoms with Crippen LogP contribution in [0, 0.1) is 29.0 Å². The fourth-order valence-corrected chi connectivity index (χ4v) is 6.12. The number of halogens is 4. The summed E-state index contributed by atoms with van der Waals surface area (Å²) in [5.74, 6) is 0.946. The quantitative estimate of drug-likeness (QED) is 0.292. The van der Waals surface area contributed by atoms with E-state index < -0.39 is 23.3 Å². The van der Waals surface area contributed by atoms with E-state index in [0.29, 0.717) is 18.6 Å². The number of carbonyl (C=O) groups is 1. The van der Waals surface area contributed by atoms with Crippen LogP contribution in [0.1, 0.15) is 41.1 Å². The molecule has 2 fully saturated rings. The number of fused-ring (bicyclic) bond motifs is 2. The molecule has 3 N–H and O–H groups in total. The Hall–Kier alpha value is -3.49. The second kappa shape index (κ2) is 12.4. The monoisotopic (exact) mass is 573 g/mol. The van der Waals surface area contributed by atoms with Gasteiger partial charge in [-0.3, -0.25) is 9.79 Å². The summed E-state index contributed by atoms with van der Waals surface area (Å²) in [6, 6.07) is 10.3. The van der Waals surface area contributed by atoms with Gasteiger partial charge in [0.05, 0.1) is 6.54 Å². The number of carbonyl (C=O) groups excluding carboxylic acids is 1. The number of aliphatic imine (C=N–C) groups is 1. The highest BCUT2D eigenvalue weighted by Gasteiger charge is 2.52. The summed E-state index contributed by atoms with van der Waals surface area (Å²) < 4.78 is 51.2. The number of thiophene rings is 1. The standard InChI is InChI=1S/C17H19N3OS.C12H12F4N2/c1-10-14-7-12(19-17(10)14)2-3-16(21)20-5-4-11-6-13(8-18)22-15(11)9-20;1-2-18-7-9(11(17)12(14,15)16)8-5-3-4-6-10(8)13/h2-3,6,10,12,14,17,19H,4-5,7,9H2,1H3;3-7H,2,17H2,1H3/b3-2+;11-9+,18-7?. The third kappa shape index (κ3) is 6.80. The average Bonchev–Trinajstić information content (AvgIpc) is 3.29. The lowest BCUT2D eigenvalue weighted by Crippen LogP contribution is -2.34. The molecular formula is C29H31F4N5OS. The van der Waals surface area contributed by atoms with Gasteiger partial charge >= 0.3 is 6.18 Å². The molecule has 1 saturated carbocycles. The van der Waals surface area contributed by atoms with E-state index in [4.69, 9.17) is 11.0 Å². The Morgan fingerprint density at radius 1 is 1.35 bits per heavy atom. The molecule has 2 aromatic rings. The van der Waals surface area contributed by atoms with E-state index in [-0.39, 0.29) is 18.0 Å². The first-order valence-corrected chi connectivity index (χ1v) is 13.9. The second-order valence-corrected chi connectivity index (χ2v) is 11.2. The van der Waals surface area contributed by atoms with E-state index in [2.05, 4.69) is 23.3 Å². The van der Waals surface area contributed by atoms with Gasteiger partial charge in [-0.15, -0.1) is 11.3 Å². The van der Waals surface area contributed by atoms with Crippen LogP contribution in [0.4, 0.5) is 17.6 Å². The van der Waals surface area contributed by atoms with Crippen LogP contribution in [-0.4, -0.2) is 48.4 Å². The molecule has 1 aromatic carbocycles. The van der Waals surface area contributed by atoms with Crippen LogP contribution < -0.4 is 11.1 Å². The first kappa shape index (κ1) is 29.5. The van der Waals surface area contributed by atoms with Crippen molar-refractivity contribution in [2.75, 3.05) is 13.1 Å². The third-order valence-electron chi connectivity index (χ3n) is 7.43. The molecule has 0 bridgehead atoms. The van der Waals surface area contributed by atoms with Crippen molar-refractivity contribution in [1.29, 1.82) is 5.26 Å². The highest BCUT2D eigenvalue weighted by Crippen LogP contribution is 2.47. The van der Waals surface area contributed by atoms with Crippen molar-refractivity contribution < 1.29 is 22.4 Å². The molecule has 1 aromatic heterocycles. The zero-order valence-corrected chi connectivity index (χ0v) is 23.0. The first-order chi connectivity index (χ1) is 19.0. The van der Waals surface area contributed by atoms with Gasteiger partial charge in [0, 0.05) is 53.5 Å². The van der Waals surface area contributed by atoms with Crippen molar-refractivity contribution in [3.05, 3.63) is 74.9 Å². The summed E-state index contributed by atoms with van der Waals surface area (Å²) in [7, 11) is 0. The molecule has 1 aliphatic carbocycles. The summed E-state index contributed by atoms with van der Waals surface area (Å²) in [4.78, 5) is 19.8. The number of alkyl halides is 3. The lowest BCUT2D eigenvalue weighted by Gasteiger charge is -2.25. The van der Waals surface area contributed by atoms with E-state index in [9.17, 15) is 22.4 Å². The number of rotatable bonds is 5. The molecular weight excluding hydrogens is 542 g/mol. The van der Waals surface area contributed by atoms with Crippen molar-refractivity contribution in [3.63, 3.8) is 0 Å². The number of amides is 1.